The van der Waals surface area contributed by atoms with Crippen LogP contribution in [-0.4, -0.2) is 25.1 Å². The Kier molecular flexibility index (Phi) is 6.37. The number of esters is 1. The van der Waals surface area contributed by atoms with Crippen molar-refractivity contribution in [3.8, 4) is 5.75 Å². The van der Waals surface area contributed by atoms with Gasteiger partial charge < -0.3 is 14.8 Å². The SMILES string of the molecule is CCOc1ccc(C(=O)OCC(=O)NC(C)c2ccccc2)cc1. The molecule has 1 N–H and O–H groups in total. The van der Waals surface area contributed by atoms with Crippen LogP contribution in [0.3, 0.4) is 0 Å². The topological polar surface area (TPSA) is 64.6 Å². The lowest BCUT2D eigenvalue weighted by atomic mass is 10.1. The summed E-state index contributed by atoms with van der Waals surface area (Å²) in [5, 5.41) is 2.79. The van der Waals surface area contributed by atoms with Crippen molar-refractivity contribution in [2.75, 3.05) is 13.2 Å². The number of carbonyl (C=O) groups is 2. The Bertz CT molecular complexity index is 668. The molecule has 0 aliphatic carbocycles. The zero-order valence-corrected chi connectivity index (χ0v) is 13.8. The molecule has 1 atom stereocenters. The van der Waals surface area contributed by atoms with Gasteiger partial charge in [-0.05, 0) is 43.7 Å². The highest BCUT2D eigenvalue weighted by Crippen LogP contribution is 2.13. The second kappa shape index (κ2) is 8.72. The third kappa shape index (κ3) is 5.12. The van der Waals surface area contributed by atoms with E-state index in [1.54, 1.807) is 24.3 Å². The maximum Gasteiger partial charge on any atom is 0.338 e. The summed E-state index contributed by atoms with van der Waals surface area (Å²) >= 11 is 0. The summed E-state index contributed by atoms with van der Waals surface area (Å²) < 4.78 is 10.3. The molecule has 0 aliphatic heterocycles. The van der Waals surface area contributed by atoms with Crippen LogP contribution in [0, 0.1) is 0 Å². The zero-order chi connectivity index (χ0) is 17.4. The van der Waals surface area contributed by atoms with E-state index in [1.807, 2.05) is 44.2 Å². The largest absolute Gasteiger partial charge is 0.494 e. The van der Waals surface area contributed by atoms with Gasteiger partial charge in [0.1, 0.15) is 5.75 Å². The normalized spacial score (nSPS) is 11.4. The Morgan fingerprint density at radius 1 is 1.04 bits per heavy atom. The van der Waals surface area contributed by atoms with E-state index in [2.05, 4.69) is 5.32 Å². The van der Waals surface area contributed by atoms with Gasteiger partial charge >= 0.3 is 5.97 Å². The predicted molar refractivity (Wildman–Crippen MR) is 90.9 cm³/mol. The van der Waals surface area contributed by atoms with Crippen LogP contribution >= 0.6 is 0 Å². The Morgan fingerprint density at radius 2 is 1.71 bits per heavy atom. The van der Waals surface area contributed by atoms with E-state index in [-0.39, 0.29) is 18.6 Å². The van der Waals surface area contributed by atoms with Gasteiger partial charge in [-0.25, -0.2) is 4.79 Å². The smallest absolute Gasteiger partial charge is 0.338 e. The summed E-state index contributed by atoms with van der Waals surface area (Å²) in [6, 6.07) is 16.0. The van der Waals surface area contributed by atoms with Crippen molar-refractivity contribution < 1.29 is 19.1 Å². The molecule has 1 unspecified atom stereocenters. The molecule has 5 nitrogen and oxygen atoms in total. The Labute approximate surface area is 141 Å². The molecule has 2 rings (SSSR count). The van der Waals surface area contributed by atoms with Gasteiger partial charge in [0.05, 0.1) is 18.2 Å². The summed E-state index contributed by atoms with van der Waals surface area (Å²) in [7, 11) is 0. The van der Waals surface area contributed by atoms with Crippen molar-refractivity contribution >= 4 is 11.9 Å². The van der Waals surface area contributed by atoms with Gasteiger partial charge in [0.25, 0.3) is 5.91 Å². The number of ether oxygens (including phenoxy) is 2. The van der Waals surface area contributed by atoms with E-state index in [9.17, 15) is 9.59 Å². The first-order chi connectivity index (χ1) is 11.6. The van der Waals surface area contributed by atoms with E-state index in [1.165, 1.54) is 0 Å². The fourth-order valence-electron chi connectivity index (χ4n) is 2.18. The lowest BCUT2D eigenvalue weighted by Gasteiger charge is -2.14. The Morgan fingerprint density at radius 3 is 2.33 bits per heavy atom. The summed E-state index contributed by atoms with van der Waals surface area (Å²) in [5.41, 5.74) is 1.37. The van der Waals surface area contributed by atoms with E-state index in [0.717, 1.165) is 5.56 Å². The van der Waals surface area contributed by atoms with Gasteiger partial charge in [-0.1, -0.05) is 30.3 Å². The molecule has 5 heteroatoms. The van der Waals surface area contributed by atoms with Gasteiger partial charge in [-0.2, -0.15) is 0 Å². The van der Waals surface area contributed by atoms with E-state index in [4.69, 9.17) is 9.47 Å². The number of benzene rings is 2. The molecule has 0 fully saturated rings. The molecule has 0 saturated heterocycles. The molecule has 24 heavy (non-hydrogen) atoms. The molecule has 0 spiro atoms. The number of nitrogens with one attached hydrogen (secondary N) is 1. The molecule has 2 aromatic rings. The molecule has 126 valence electrons. The number of hydrogen-bond donors (Lipinski definition) is 1. The maximum atomic E-state index is 11.9. The van der Waals surface area contributed by atoms with Crippen molar-refractivity contribution in [1.29, 1.82) is 0 Å². The van der Waals surface area contributed by atoms with Crippen LogP contribution in [0.15, 0.2) is 54.6 Å². The van der Waals surface area contributed by atoms with Crippen LogP contribution < -0.4 is 10.1 Å². The van der Waals surface area contributed by atoms with Crippen molar-refractivity contribution in [2.24, 2.45) is 0 Å². The summed E-state index contributed by atoms with van der Waals surface area (Å²) in [5.74, 6) is -0.199. The van der Waals surface area contributed by atoms with Gasteiger partial charge in [-0.3, -0.25) is 4.79 Å². The third-order valence-corrected chi connectivity index (χ3v) is 3.41. The van der Waals surface area contributed by atoms with Crippen molar-refractivity contribution in [1.82, 2.24) is 5.32 Å². The van der Waals surface area contributed by atoms with Crippen LogP contribution in [0.1, 0.15) is 35.8 Å². The molecule has 0 radical (unpaired) electrons. The van der Waals surface area contributed by atoms with Crippen molar-refractivity contribution in [3.05, 3.63) is 65.7 Å². The molecule has 0 heterocycles. The first-order valence-corrected chi connectivity index (χ1v) is 7.84. The lowest BCUT2D eigenvalue weighted by molar-refractivity contribution is -0.124. The molecular weight excluding hydrogens is 306 g/mol. The van der Waals surface area contributed by atoms with Crippen LogP contribution in [0.5, 0.6) is 5.75 Å². The molecule has 2 aromatic carbocycles. The number of carbonyl (C=O) groups excluding carboxylic acids is 2. The Balaban J connectivity index is 1.81. The molecule has 0 saturated carbocycles. The summed E-state index contributed by atoms with van der Waals surface area (Å²) in [4.78, 5) is 23.8. The second-order valence-electron chi connectivity index (χ2n) is 5.23. The summed E-state index contributed by atoms with van der Waals surface area (Å²) in [6.07, 6.45) is 0. The first kappa shape index (κ1) is 17.5. The molecule has 1 amide bonds. The predicted octanol–water partition coefficient (Wildman–Crippen LogP) is 3.12. The molecular formula is C19H21NO4. The van der Waals surface area contributed by atoms with E-state index in [0.29, 0.717) is 17.9 Å². The highest BCUT2D eigenvalue weighted by molar-refractivity contribution is 5.91. The minimum atomic E-state index is -0.541. The molecule has 0 aromatic heterocycles. The minimum Gasteiger partial charge on any atom is -0.494 e. The lowest BCUT2D eigenvalue weighted by Crippen LogP contribution is -2.31. The summed E-state index contributed by atoms with van der Waals surface area (Å²) in [6.45, 7) is 4.01. The van der Waals surface area contributed by atoms with Gasteiger partial charge in [0, 0.05) is 0 Å². The van der Waals surface area contributed by atoms with Crippen LogP contribution in [0.2, 0.25) is 0 Å². The number of amides is 1. The highest BCUT2D eigenvalue weighted by atomic mass is 16.5. The highest BCUT2D eigenvalue weighted by Gasteiger charge is 2.13. The van der Waals surface area contributed by atoms with Gasteiger partial charge in [0.2, 0.25) is 0 Å². The van der Waals surface area contributed by atoms with Gasteiger partial charge in [0.15, 0.2) is 6.61 Å². The van der Waals surface area contributed by atoms with Crippen LogP contribution in [0.25, 0.3) is 0 Å². The van der Waals surface area contributed by atoms with E-state index >= 15 is 0 Å². The van der Waals surface area contributed by atoms with Gasteiger partial charge in [-0.15, -0.1) is 0 Å². The maximum absolute atomic E-state index is 11.9. The van der Waals surface area contributed by atoms with Crippen LogP contribution in [-0.2, 0) is 9.53 Å². The average molecular weight is 327 g/mol. The van der Waals surface area contributed by atoms with E-state index < -0.39 is 5.97 Å². The van der Waals surface area contributed by atoms with Crippen molar-refractivity contribution in [3.63, 3.8) is 0 Å². The quantitative estimate of drug-likeness (QED) is 0.794. The third-order valence-electron chi connectivity index (χ3n) is 3.41. The van der Waals surface area contributed by atoms with Crippen molar-refractivity contribution in [2.45, 2.75) is 19.9 Å². The molecule has 0 aliphatic rings. The first-order valence-electron chi connectivity index (χ1n) is 7.84. The van der Waals surface area contributed by atoms with Crippen LogP contribution in [0.4, 0.5) is 0 Å². The minimum absolute atomic E-state index is 0.150. The zero-order valence-electron chi connectivity index (χ0n) is 13.8. The fraction of sp³-hybridized carbons (Fsp3) is 0.263. The Hall–Kier alpha value is -2.82. The monoisotopic (exact) mass is 327 g/mol. The fourth-order valence-corrected chi connectivity index (χ4v) is 2.18. The number of hydrogen-bond acceptors (Lipinski definition) is 4. The molecule has 0 bridgehead atoms. The number of rotatable bonds is 7. The second-order valence-corrected chi connectivity index (χ2v) is 5.23. The average Bonchev–Trinajstić information content (AvgIpc) is 2.61. The standard InChI is InChI=1S/C19H21NO4/c1-3-23-17-11-9-16(10-12-17)19(22)24-13-18(21)20-14(2)15-7-5-4-6-8-15/h4-12,14H,3,13H2,1-2H3,(H,20,21).